The van der Waals surface area contributed by atoms with E-state index < -0.39 is 5.91 Å². The molecule has 0 unspecified atom stereocenters. The molecular weight excluding hydrogens is 192 g/mol. The number of carbonyl (C=O) groups excluding carboxylic acids is 1. The van der Waals surface area contributed by atoms with Gasteiger partial charge in [0.25, 0.3) is 5.91 Å². The Labute approximate surface area is 88.1 Å². The predicted molar refractivity (Wildman–Crippen MR) is 57.1 cm³/mol. The lowest BCUT2D eigenvalue weighted by molar-refractivity contribution is 0.0994. The van der Waals surface area contributed by atoms with Gasteiger partial charge in [-0.2, -0.15) is 0 Å². The van der Waals surface area contributed by atoms with E-state index >= 15 is 0 Å². The summed E-state index contributed by atoms with van der Waals surface area (Å²) in [6.07, 6.45) is 0.746. The maximum Gasteiger partial charge on any atom is 0.269 e. The van der Waals surface area contributed by atoms with Gasteiger partial charge in [-0.15, -0.1) is 22.0 Å². The van der Waals surface area contributed by atoms with Crippen molar-refractivity contribution < 1.29 is 4.79 Å². The summed E-state index contributed by atoms with van der Waals surface area (Å²) in [6, 6.07) is 3.19. The first kappa shape index (κ1) is 11.0. The van der Waals surface area contributed by atoms with Gasteiger partial charge in [-0.05, 0) is 19.1 Å². The van der Waals surface area contributed by atoms with Gasteiger partial charge in [-0.25, -0.2) is 0 Å². The van der Waals surface area contributed by atoms with Gasteiger partial charge in [0.15, 0.2) is 5.69 Å². The number of carbonyl (C=O) groups is 1. The summed E-state index contributed by atoms with van der Waals surface area (Å²) in [5, 5.41) is 10.5. The normalized spacial score (nSPS) is 8.87. The third-order valence-corrected chi connectivity index (χ3v) is 1.65. The highest BCUT2D eigenvalue weighted by atomic mass is 16.1. The van der Waals surface area contributed by atoms with Gasteiger partial charge in [0.2, 0.25) is 0 Å². The minimum Gasteiger partial charge on any atom is -0.368 e. The van der Waals surface area contributed by atoms with Crippen LogP contribution in [0.3, 0.4) is 0 Å². The summed E-state index contributed by atoms with van der Waals surface area (Å²) in [6.45, 7) is 2.49. The topological polar surface area (TPSA) is 80.9 Å². The Bertz CT molecular complexity index is 388. The number of anilines is 1. The third kappa shape index (κ3) is 3.65. The highest BCUT2D eigenvalue weighted by Crippen LogP contribution is 2.00. The van der Waals surface area contributed by atoms with Gasteiger partial charge in [-0.3, -0.25) is 4.79 Å². The first-order chi connectivity index (χ1) is 7.24. The number of nitrogens with two attached hydrogens (primary N) is 1. The van der Waals surface area contributed by atoms with Gasteiger partial charge in [0, 0.05) is 13.0 Å². The molecule has 3 N–H and O–H groups in total. The zero-order valence-electron chi connectivity index (χ0n) is 8.45. The van der Waals surface area contributed by atoms with E-state index in [2.05, 4.69) is 27.4 Å². The van der Waals surface area contributed by atoms with Crippen molar-refractivity contribution in [1.82, 2.24) is 10.2 Å². The van der Waals surface area contributed by atoms with E-state index in [9.17, 15) is 4.79 Å². The quantitative estimate of drug-likeness (QED) is 0.549. The van der Waals surface area contributed by atoms with E-state index in [1.165, 1.54) is 6.07 Å². The molecule has 1 aromatic rings. The zero-order chi connectivity index (χ0) is 11.1. The lowest BCUT2D eigenvalue weighted by Crippen LogP contribution is -2.14. The van der Waals surface area contributed by atoms with Gasteiger partial charge >= 0.3 is 0 Å². The summed E-state index contributed by atoms with van der Waals surface area (Å²) < 4.78 is 0. The van der Waals surface area contributed by atoms with E-state index in [1.54, 1.807) is 13.0 Å². The van der Waals surface area contributed by atoms with Crippen LogP contribution in [0.15, 0.2) is 12.1 Å². The van der Waals surface area contributed by atoms with Crippen LogP contribution in [-0.4, -0.2) is 22.6 Å². The maximum absolute atomic E-state index is 10.7. The van der Waals surface area contributed by atoms with Crippen molar-refractivity contribution in [1.29, 1.82) is 0 Å². The second kappa shape index (κ2) is 5.60. The maximum atomic E-state index is 10.7. The molecule has 1 aromatic heterocycles. The van der Waals surface area contributed by atoms with Crippen LogP contribution in [0, 0.1) is 11.8 Å². The SMILES string of the molecule is CC#CCCNc1ccc(C(N)=O)nn1. The number of rotatable bonds is 4. The van der Waals surface area contributed by atoms with Gasteiger partial charge in [-0.1, -0.05) is 0 Å². The number of amides is 1. The second-order valence-corrected chi connectivity index (χ2v) is 2.77. The number of hydrogen-bond donors (Lipinski definition) is 2. The van der Waals surface area contributed by atoms with Crippen molar-refractivity contribution in [3.8, 4) is 11.8 Å². The Kier molecular flexibility index (Phi) is 4.10. The Morgan fingerprint density at radius 3 is 2.87 bits per heavy atom. The molecule has 0 fully saturated rings. The first-order valence-electron chi connectivity index (χ1n) is 4.51. The molecule has 0 bridgehead atoms. The van der Waals surface area contributed by atoms with Crippen LogP contribution in [0.4, 0.5) is 5.82 Å². The van der Waals surface area contributed by atoms with Crippen LogP contribution in [-0.2, 0) is 0 Å². The van der Waals surface area contributed by atoms with Crippen LogP contribution in [0.25, 0.3) is 0 Å². The highest BCUT2D eigenvalue weighted by molar-refractivity contribution is 5.90. The van der Waals surface area contributed by atoms with Gasteiger partial charge < -0.3 is 11.1 Å². The number of aromatic nitrogens is 2. The number of hydrogen-bond acceptors (Lipinski definition) is 4. The molecule has 0 aromatic carbocycles. The van der Waals surface area contributed by atoms with Crippen LogP contribution < -0.4 is 11.1 Å². The molecule has 0 aliphatic carbocycles. The fourth-order valence-corrected chi connectivity index (χ4v) is 0.936. The largest absolute Gasteiger partial charge is 0.368 e. The van der Waals surface area contributed by atoms with Crippen molar-refractivity contribution >= 4 is 11.7 Å². The lowest BCUT2D eigenvalue weighted by Gasteiger charge is -2.01. The third-order valence-electron chi connectivity index (χ3n) is 1.65. The van der Waals surface area contributed by atoms with E-state index in [1.807, 2.05) is 0 Å². The Morgan fingerprint density at radius 1 is 1.53 bits per heavy atom. The summed E-state index contributed by atoms with van der Waals surface area (Å²) >= 11 is 0. The Balaban J connectivity index is 2.48. The molecule has 0 atom stereocenters. The smallest absolute Gasteiger partial charge is 0.269 e. The molecule has 78 valence electrons. The molecule has 5 nitrogen and oxygen atoms in total. The fourth-order valence-electron chi connectivity index (χ4n) is 0.936. The number of nitrogens with one attached hydrogen (secondary N) is 1. The highest BCUT2D eigenvalue weighted by Gasteiger charge is 2.01. The molecule has 0 saturated carbocycles. The average Bonchev–Trinajstić information content (AvgIpc) is 2.25. The summed E-state index contributed by atoms with van der Waals surface area (Å²) in [4.78, 5) is 10.7. The predicted octanol–water partition coefficient (Wildman–Crippen LogP) is 0.401. The van der Waals surface area contributed by atoms with E-state index in [0.717, 1.165) is 6.42 Å². The Morgan fingerprint density at radius 2 is 2.33 bits per heavy atom. The second-order valence-electron chi connectivity index (χ2n) is 2.77. The number of nitrogens with zero attached hydrogens (tertiary/aromatic N) is 2. The minimum absolute atomic E-state index is 0.161. The van der Waals surface area contributed by atoms with Crippen molar-refractivity contribution in [3.05, 3.63) is 17.8 Å². The summed E-state index contributed by atoms with van der Waals surface area (Å²) in [5.41, 5.74) is 5.18. The van der Waals surface area contributed by atoms with Gasteiger partial charge in [0.05, 0.1) is 0 Å². The summed E-state index contributed by atoms with van der Waals surface area (Å²) in [5.74, 6) is 5.74. The summed E-state index contributed by atoms with van der Waals surface area (Å²) in [7, 11) is 0. The molecule has 0 radical (unpaired) electrons. The lowest BCUT2D eigenvalue weighted by atomic mass is 10.3. The van der Waals surface area contributed by atoms with Crippen LogP contribution in [0.2, 0.25) is 0 Å². The molecule has 0 spiro atoms. The van der Waals surface area contributed by atoms with E-state index in [-0.39, 0.29) is 5.69 Å². The monoisotopic (exact) mass is 204 g/mol. The Hall–Kier alpha value is -2.09. The number of primary amides is 1. The van der Waals surface area contributed by atoms with Crippen molar-refractivity contribution in [2.24, 2.45) is 5.73 Å². The zero-order valence-corrected chi connectivity index (χ0v) is 8.45. The van der Waals surface area contributed by atoms with Crippen LogP contribution in [0.1, 0.15) is 23.8 Å². The molecular formula is C10H12N4O. The van der Waals surface area contributed by atoms with Crippen molar-refractivity contribution in [2.75, 3.05) is 11.9 Å². The van der Waals surface area contributed by atoms with Crippen LogP contribution in [0.5, 0.6) is 0 Å². The average molecular weight is 204 g/mol. The van der Waals surface area contributed by atoms with Crippen LogP contribution >= 0.6 is 0 Å². The standard InChI is InChI=1S/C10H12N4O/c1-2-3-4-7-12-9-6-5-8(10(11)15)13-14-9/h5-6H,4,7H2,1H3,(H2,11,15)(H,12,14). The molecule has 1 amide bonds. The molecule has 5 heteroatoms. The molecule has 0 aliphatic rings. The van der Waals surface area contributed by atoms with Gasteiger partial charge in [0.1, 0.15) is 5.82 Å². The molecule has 1 heterocycles. The van der Waals surface area contributed by atoms with Crippen molar-refractivity contribution in [3.63, 3.8) is 0 Å². The van der Waals surface area contributed by atoms with E-state index in [0.29, 0.717) is 12.4 Å². The minimum atomic E-state index is -0.578. The molecule has 0 saturated heterocycles. The van der Waals surface area contributed by atoms with E-state index in [4.69, 9.17) is 5.73 Å². The van der Waals surface area contributed by atoms with Crippen molar-refractivity contribution in [2.45, 2.75) is 13.3 Å². The molecule has 1 rings (SSSR count). The fraction of sp³-hybridized carbons (Fsp3) is 0.300. The first-order valence-corrected chi connectivity index (χ1v) is 4.51. The molecule has 0 aliphatic heterocycles. The molecule has 15 heavy (non-hydrogen) atoms.